The Morgan fingerprint density at radius 3 is 2.11 bits per heavy atom. The van der Waals surface area contributed by atoms with Gasteiger partial charge in [0.1, 0.15) is 0 Å². The molecule has 3 heteroatoms. The van der Waals surface area contributed by atoms with Crippen LogP contribution in [-0.4, -0.2) is 48.4 Å². The van der Waals surface area contributed by atoms with Gasteiger partial charge in [-0.2, -0.15) is 0 Å². The van der Waals surface area contributed by atoms with Crippen molar-refractivity contribution in [1.82, 2.24) is 9.80 Å². The Morgan fingerprint density at radius 2 is 1.46 bits per heavy atom. The Balaban J connectivity index is 1.54. The number of rotatable bonds is 4. The second-order valence-electron chi connectivity index (χ2n) is 8.71. The molecule has 0 spiro atoms. The number of amides is 1. The molecular weight excluding hydrogens is 344 g/mol. The average Bonchev–Trinajstić information content (AvgIpc) is 3.13. The number of carbonyl (C=O) groups is 1. The van der Waals surface area contributed by atoms with Gasteiger partial charge >= 0.3 is 0 Å². The van der Waals surface area contributed by atoms with Gasteiger partial charge in [0.25, 0.3) is 5.91 Å². The molecule has 2 heterocycles. The molecule has 4 rings (SSSR count). The molecular formula is C25H32N2O. The van der Waals surface area contributed by atoms with Crippen LogP contribution in [0.5, 0.6) is 0 Å². The van der Waals surface area contributed by atoms with Crippen LogP contribution in [0.4, 0.5) is 0 Å². The summed E-state index contributed by atoms with van der Waals surface area (Å²) in [5, 5.41) is 0. The number of hydrogen-bond donors (Lipinski definition) is 0. The number of likely N-dealkylation sites (tertiary alicyclic amines) is 2. The van der Waals surface area contributed by atoms with Crippen molar-refractivity contribution < 1.29 is 4.79 Å². The van der Waals surface area contributed by atoms with Crippen molar-refractivity contribution >= 4 is 5.91 Å². The highest BCUT2D eigenvalue weighted by Gasteiger charge is 2.37. The van der Waals surface area contributed by atoms with Gasteiger partial charge in [0.05, 0.1) is 0 Å². The normalized spacial score (nSPS) is 23.1. The van der Waals surface area contributed by atoms with Crippen molar-refractivity contribution in [2.45, 2.75) is 39.0 Å². The molecule has 2 aromatic carbocycles. The minimum atomic E-state index is 0.179. The largest absolute Gasteiger partial charge is 0.338 e. The third kappa shape index (κ3) is 4.30. The molecule has 0 aliphatic carbocycles. The molecule has 28 heavy (non-hydrogen) atoms. The van der Waals surface area contributed by atoms with Crippen LogP contribution in [0.3, 0.4) is 0 Å². The molecule has 2 fully saturated rings. The Bertz CT molecular complexity index is 790. The number of benzene rings is 2. The van der Waals surface area contributed by atoms with Crippen LogP contribution in [0.2, 0.25) is 0 Å². The van der Waals surface area contributed by atoms with E-state index in [4.69, 9.17) is 0 Å². The topological polar surface area (TPSA) is 23.6 Å². The highest BCUT2D eigenvalue weighted by molar-refractivity contribution is 5.94. The quantitative estimate of drug-likeness (QED) is 0.776. The van der Waals surface area contributed by atoms with Gasteiger partial charge in [-0.15, -0.1) is 0 Å². The molecule has 0 bridgehead atoms. The van der Waals surface area contributed by atoms with E-state index >= 15 is 0 Å². The van der Waals surface area contributed by atoms with E-state index in [1.807, 2.05) is 24.3 Å². The average molecular weight is 377 g/mol. The molecule has 2 unspecified atom stereocenters. The van der Waals surface area contributed by atoms with Crippen LogP contribution in [-0.2, 0) is 0 Å². The van der Waals surface area contributed by atoms with Gasteiger partial charge in [-0.05, 0) is 63.4 Å². The van der Waals surface area contributed by atoms with Gasteiger partial charge in [-0.1, -0.05) is 53.9 Å². The van der Waals surface area contributed by atoms with Gasteiger partial charge in [0.2, 0.25) is 0 Å². The zero-order valence-electron chi connectivity index (χ0n) is 17.2. The first-order valence-electron chi connectivity index (χ1n) is 10.7. The lowest BCUT2D eigenvalue weighted by Crippen LogP contribution is -2.36. The van der Waals surface area contributed by atoms with E-state index in [0.717, 1.165) is 25.2 Å². The summed E-state index contributed by atoms with van der Waals surface area (Å²) >= 11 is 0. The minimum Gasteiger partial charge on any atom is -0.338 e. The van der Waals surface area contributed by atoms with Gasteiger partial charge < -0.3 is 9.80 Å². The lowest BCUT2D eigenvalue weighted by atomic mass is 9.88. The van der Waals surface area contributed by atoms with E-state index in [1.54, 1.807) is 0 Å². The van der Waals surface area contributed by atoms with Gasteiger partial charge in [0.15, 0.2) is 0 Å². The van der Waals surface area contributed by atoms with Gasteiger partial charge in [-0.25, -0.2) is 0 Å². The summed E-state index contributed by atoms with van der Waals surface area (Å²) in [6, 6.07) is 17.0. The van der Waals surface area contributed by atoms with E-state index in [2.05, 4.69) is 47.9 Å². The number of aryl methyl sites for hydroxylation is 2. The summed E-state index contributed by atoms with van der Waals surface area (Å²) in [6.45, 7) is 9.42. The van der Waals surface area contributed by atoms with Crippen LogP contribution in [0.1, 0.15) is 52.2 Å². The third-order valence-corrected chi connectivity index (χ3v) is 6.47. The first-order chi connectivity index (χ1) is 13.6. The van der Waals surface area contributed by atoms with Crippen molar-refractivity contribution in [2.75, 3.05) is 32.7 Å². The second-order valence-corrected chi connectivity index (χ2v) is 8.71. The molecule has 0 aromatic heterocycles. The standard InChI is InChI=1S/C25H32N2O/c1-19-6-10-21(11-7-19)24-18-27(25(28)22-12-8-20(2)9-13-22)17-23(24)16-26-14-4-3-5-15-26/h6-13,23-24H,3-5,14-18H2,1-2H3. The Labute approximate surface area is 169 Å². The Kier molecular flexibility index (Phi) is 5.82. The van der Waals surface area contributed by atoms with Crippen LogP contribution in [0, 0.1) is 19.8 Å². The number of hydrogen-bond acceptors (Lipinski definition) is 2. The summed E-state index contributed by atoms with van der Waals surface area (Å²) < 4.78 is 0. The number of carbonyl (C=O) groups excluding carboxylic acids is 1. The SMILES string of the molecule is Cc1ccc(C(=O)N2CC(CN3CCCCC3)C(c3ccc(C)cc3)C2)cc1. The minimum absolute atomic E-state index is 0.179. The lowest BCUT2D eigenvalue weighted by Gasteiger charge is -2.31. The summed E-state index contributed by atoms with van der Waals surface area (Å²) in [4.78, 5) is 17.8. The smallest absolute Gasteiger partial charge is 0.253 e. The fourth-order valence-corrected chi connectivity index (χ4v) is 4.77. The molecule has 2 atom stereocenters. The molecule has 2 aliphatic heterocycles. The van der Waals surface area contributed by atoms with Crippen LogP contribution in [0.15, 0.2) is 48.5 Å². The monoisotopic (exact) mass is 376 g/mol. The molecule has 3 nitrogen and oxygen atoms in total. The first kappa shape index (κ1) is 19.2. The maximum atomic E-state index is 13.1. The number of nitrogens with zero attached hydrogens (tertiary/aromatic N) is 2. The van der Waals surface area contributed by atoms with Crippen molar-refractivity contribution in [1.29, 1.82) is 0 Å². The van der Waals surface area contributed by atoms with Crippen molar-refractivity contribution in [2.24, 2.45) is 5.92 Å². The maximum absolute atomic E-state index is 13.1. The molecule has 2 aliphatic rings. The van der Waals surface area contributed by atoms with Crippen LogP contribution >= 0.6 is 0 Å². The lowest BCUT2D eigenvalue weighted by molar-refractivity contribution is 0.0782. The Morgan fingerprint density at radius 1 is 0.857 bits per heavy atom. The number of piperidine rings is 1. The van der Waals surface area contributed by atoms with Gasteiger partial charge in [-0.3, -0.25) is 4.79 Å². The van der Waals surface area contributed by atoms with Crippen molar-refractivity contribution in [3.8, 4) is 0 Å². The molecule has 148 valence electrons. The third-order valence-electron chi connectivity index (χ3n) is 6.47. The molecule has 1 amide bonds. The van der Waals surface area contributed by atoms with Crippen LogP contribution < -0.4 is 0 Å². The molecule has 2 aromatic rings. The first-order valence-corrected chi connectivity index (χ1v) is 10.7. The maximum Gasteiger partial charge on any atom is 0.253 e. The van der Waals surface area contributed by atoms with E-state index in [1.165, 1.54) is 49.0 Å². The van der Waals surface area contributed by atoms with Crippen molar-refractivity contribution in [3.63, 3.8) is 0 Å². The fraction of sp³-hybridized carbons (Fsp3) is 0.480. The van der Waals surface area contributed by atoms with Crippen LogP contribution in [0.25, 0.3) is 0 Å². The summed E-state index contributed by atoms with van der Waals surface area (Å²) in [6.07, 6.45) is 3.99. The molecule has 0 N–H and O–H groups in total. The molecule has 2 saturated heterocycles. The second kappa shape index (κ2) is 8.48. The fourth-order valence-electron chi connectivity index (χ4n) is 4.77. The van der Waals surface area contributed by atoms with E-state index < -0.39 is 0 Å². The van der Waals surface area contributed by atoms with E-state index in [0.29, 0.717) is 11.8 Å². The zero-order chi connectivity index (χ0) is 19.5. The van der Waals surface area contributed by atoms with Gasteiger partial charge in [0, 0.05) is 31.1 Å². The predicted octanol–water partition coefficient (Wildman–Crippen LogP) is 4.65. The predicted molar refractivity (Wildman–Crippen MR) is 115 cm³/mol. The summed E-state index contributed by atoms with van der Waals surface area (Å²) in [5.74, 6) is 1.12. The molecule has 0 radical (unpaired) electrons. The molecule has 0 saturated carbocycles. The van der Waals surface area contributed by atoms with Crippen molar-refractivity contribution in [3.05, 3.63) is 70.8 Å². The Hall–Kier alpha value is -2.13. The summed E-state index contributed by atoms with van der Waals surface area (Å²) in [7, 11) is 0. The zero-order valence-corrected chi connectivity index (χ0v) is 17.2. The summed E-state index contributed by atoms with van der Waals surface area (Å²) in [5.41, 5.74) is 4.68. The van der Waals surface area contributed by atoms with E-state index in [-0.39, 0.29) is 5.91 Å². The van der Waals surface area contributed by atoms with E-state index in [9.17, 15) is 4.79 Å². The highest BCUT2D eigenvalue weighted by atomic mass is 16.2. The highest BCUT2D eigenvalue weighted by Crippen LogP contribution is 2.34.